The van der Waals surface area contributed by atoms with Crippen molar-refractivity contribution in [3.05, 3.63) is 35.4 Å². The SMILES string of the molecule is COC(=O)[C@@H]1CCN[C@H]1c1ccccc1C. The molecule has 1 aliphatic rings. The maximum atomic E-state index is 11.6. The second-order valence-electron chi connectivity index (χ2n) is 4.21. The van der Waals surface area contributed by atoms with Gasteiger partial charge in [0.25, 0.3) is 0 Å². The molecule has 0 bridgehead atoms. The summed E-state index contributed by atoms with van der Waals surface area (Å²) in [5.74, 6) is -0.163. The van der Waals surface area contributed by atoms with Crippen LogP contribution in [0, 0.1) is 12.8 Å². The molecule has 86 valence electrons. The van der Waals surface area contributed by atoms with E-state index in [0.29, 0.717) is 0 Å². The number of nitrogens with one attached hydrogen (secondary N) is 1. The fourth-order valence-electron chi connectivity index (χ4n) is 2.37. The Balaban J connectivity index is 2.27. The van der Waals surface area contributed by atoms with Gasteiger partial charge in [-0.15, -0.1) is 0 Å². The minimum atomic E-state index is -0.113. The minimum absolute atomic E-state index is 0.0499. The van der Waals surface area contributed by atoms with Gasteiger partial charge in [-0.3, -0.25) is 4.79 Å². The lowest BCUT2D eigenvalue weighted by Crippen LogP contribution is -2.25. The molecule has 0 spiro atoms. The van der Waals surface area contributed by atoms with Crippen molar-refractivity contribution < 1.29 is 9.53 Å². The summed E-state index contributed by atoms with van der Waals surface area (Å²) in [5, 5.41) is 3.38. The first-order valence-electron chi connectivity index (χ1n) is 5.61. The predicted molar refractivity (Wildman–Crippen MR) is 62.0 cm³/mol. The number of carbonyl (C=O) groups is 1. The molecule has 2 rings (SSSR count). The molecule has 3 nitrogen and oxygen atoms in total. The highest BCUT2D eigenvalue weighted by Gasteiger charge is 2.34. The highest BCUT2D eigenvalue weighted by molar-refractivity contribution is 5.74. The number of methoxy groups -OCH3 is 1. The van der Waals surface area contributed by atoms with Gasteiger partial charge in [-0.1, -0.05) is 24.3 Å². The van der Waals surface area contributed by atoms with Crippen LogP contribution in [0.1, 0.15) is 23.6 Å². The molecular weight excluding hydrogens is 202 g/mol. The normalized spacial score (nSPS) is 24.4. The average Bonchev–Trinajstić information content (AvgIpc) is 2.77. The zero-order valence-electron chi connectivity index (χ0n) is 9.69. The van der Waals surface area contributed by atoms with E-state index in [1.807, 2.05) is 12.1 Å². The number of rotatable bonds is 2. The van der Waals surface area contributed by atoms with Gasteiger partial charge in [0.1, 0.15) is 0 Å². The van der Waals surface area contributed by atoms with Crippen molar-refractivity contribution in [3.8, 4) is 0 Å². The molecule has 3 heteroatoms. The van der Waals surface area contributed by atoms with Crippen LogP contribution < -0.4 is 5.32 Å². The summed E-state index contributed by atoms with van der Waals surface area (Å²) in [6, 6.07) is 8.28. The first-order valence-corrected chi connectivity index (χ1v) is 5.61. The molecule has 1 heterocycles. The standard InChI is InChI=1S/C13H17NO2/c1-9-5-3-4-6-10(9)12-11(7-8-14-12)13(15)16-2/h3-6,11-12,14H,7-8H2,1-2H3/t11-,12+/m1/s1. The van der Waals surface area contributed by atoms with Gasteiger partial charge in [0.2, 0.25) is 0 Å². The molecule has 0 aromatic heterocycles. The summed E-state index contributed by atoms with van der Waals surface area (Å²) >= 11 is 0. The largest absolute Gasteiger partial charge is 0.469 e. The Morgan fingerprint density at radius 1 is 1.44 bits per heavy atom. The van der Waals surface area contributed by atoms with Crippen LogP contribution in [0.5, 0.6) is 0 Å². The number of aryl methyl sites for hydroxylation is 1. The number of hydrogen-bond donors (Lipinski definition) is 1. The summed E-state index contributed by atoms with van der Waals surface area (Å²) in [4.78, 5) is 11.6. The fraction of sp³-hybridized carbons (Fsp3) is 0.462. The van der Waals surface area contributed by atoms with Gasteiger partial charge in [-0.05, 0) is 31.0 Å². The van der Waals surface area contributed by atoms with E-state index in [-0.39, 0.29) is 17.9 Å². The average molecular weight is 219 g/mol. The van der Waals surface area contributed by atoms with E-state index in [2.05, 4.69) is 24.4 Å². The number of benzene rings is 1. The Morgan fingerprint density at radius 3 is 2.88 bits per heavy atom. The highest BCUT2D eigenvalue weighted by atomic mass is 16.5. The minimum Gasteiger partial charge on any atom is -0.469 e. The third kappa shape index (κ3) is 1.95. The molecule has 0 amide bonds. The molecular formula is C13H17NO2. The Hall–Kier alpha value is -1.35. The quantitative estimate of drug-likeness (QED) is 0.771. The van der Waals surface area contributed by atoms with Crippen molar-refractivity contribution in [2.24, 2.45) is 5.92 Å². The van der Waals surface area contributed by atoms with Crippen LogP contribution in [-0.4, -0.2) is 19.6 Å². The lowest BCUT2D eigenvalue weighted by atomic mass is 9.91. The Bertz CT molecular complexity index is 389. The molecule has 0 aliphatic carbocycles. The van der Waals surface area contributed by atoms with Crippen LogP contribution in [0.15, 0.2) is 24.3 Å². The van der Waals surface area contributed by atoms with E-state index in [0.717, 1.165) is 13.0 Å². The Kier molecular flexibility index (Phi) is 3.25. The zero-order chi connectivity index (χ0) is 11.5. The molecule has 1 aromatic carbocycles. The van der Waals surface area contributed by atoms with Crippen LogP contribution in [0.3, 0.4) is 0 Å². The van der Waals surface area contributed by atoms with Gasteiger partial charge in [-0.25, -0.2) is 0 Å². The van der Waals surface area contributed by atoms with Crippen LogP contribution >= 0.6 is 0 Å². The van der Waals surface area contributed by atoms with Gasteiger partial charge in [0.15, 0.2) is 0 Å². The van der Waals surface area contributed by atoms with Crippen LogP contribution in [0.25, 0.3) is 0 Å². The van der Waals surface area contributed by atoms with Crippen molar-refractivity contribution in [1.29, 1.82) is 0 Å². The maximum absolute atomic E-state index is 11.6. The molecule has 0 radical (unpaired) electrons. The monoisotopic (exact) mass is 219 g/mol. The summed E-state index contributed by atoms with van der Waals surface area (Å²) in [5.41, 5.74) is 2.42. The van der Waals surface area contributed by atoms with Crippen LogP contribution in [-0.2, 0) is 9.53 Å². The number of esters is 1. The lowest BCUT2D eigenvalue weighted by molar-refractivity contribution is -0.145. The Morgan fingerprint density at radius 2 is 2.19 bits per heavy atom. The third-order valence-corrected chi connectivity index (χ3v) is 3.25. The van der Waals surface area contributed by atoms with Crippen LogP contribution in [0.4, 0.5) is 0 Å². The molecule has 1 fully saturated rings. The van der Waals surface area contributed by atoms with Crippen molar-refractivity contribution >= 4 is 5.97 Å². The fourth-order valence-corrected chi connectivity index (χ4v) is 2.37. The summed E-state index contributed by atoms with van der Waals surface area (Å²) in [6.45, 7) is 2.95. The molecule has 0 unspecified atom stereocenters. The van der Waals surface area contributed by atoms with E-state index < -0.39 is 0 Å². The molecule has 1 aliphatic heterocycles. The van der Waals surface area contributed by atoms with E-state index in [1.165, 1.54) is 18.2 Å². The molecule has 16 heavy (non-hydrogen) atoms. The van der Waals surface area contributed by atoms with E-state index in [9.17, 15) is 4.79 Å². The van der Waals surface area contributed by atoms with Crippen molar-refractivity contribution in [3.63, 3.8) is 0 Å². The summed E-state index contributed by atoms with van der Waals surface area (Å²) < 4.78 is 4.85. The number of carbonyl (C=O) groups excluding carboxylic acids is 1. The maximum Gasteiger partial charge on any atom is 0.310 e. The van der Waals surface area contributed by atoms with Gasteiger partial charge in [0.05, 0.1) is 13.0 Å². The summed E-state index contributed by atoms with van der Waals surface area (Å²) in [6.07, 6.45) is 0.853. The van der Waals surface area contributed by atoms with Crippen molar-refractivity contribution in [2.45, 2.75) is 19.4 Å². The van der Waals surface area contributed by atoms with Gasteiger partial charge < -0.3 is 10.1 Å². The van der Waals surface area contributed by atoms with Gasteiger partial charge in [-0.2, -0.15) is 0 Å². The van der Waals surface area contributed by atoms with Crippen LogP contribution in [0.2, 0.25) is 0 Å². The number of hydrogen-bond acceptors (Lipinski definition) is 3. The van der Waals surface area contributed by atoms with E-state index in [4.69, 9.17) is 4.74 Å². The number of ether oxygens (including phenoxy) is 1. The van der Waals surface area contributed by atoms with Gasteiger partial charge in [0, 0.05) is 6.04 Å². The second-order valence-corrected chi connectivity index (χ2v) is 4.21. The zero-order valence-corrected chi connectivity index (χ0v) is 9.69. The predicted octanol–water partition coefficient (Wildman–Crippen LogP) is 1.82. The lowest BCUT2D eigenvalue weighted by Gasteiger charge is -2.19. The molecule has 1 aromatic rings. The highest BCUT2D eigenvalue weighted by Crippen LogP contribution is 2.31. The van der Waals surface area contributed by atoms with E-state index >= 15 is 0 Å². The third-order valence-electron chi connectivity index (χ3n) is 3.25. The van der Waals surface area contributed by atoms with E-state index in [1.54, 1.807) is 0 Å². The first kappa shape index (κ1) is 11.1. The molecule has 1 N–H and O–H groups in total. The van der Waals surface area contributed by atoms with Crippen molar-refractivity contribution in [2.75, 3.05) is 13.7 Å². The smallest absolute Gasteiger partial charge is 0.310 e. The topological polar surface area (TPSA) is 38.3 Å². The molecule has 0 saturated carbocycles. The summed E-state index contributed by atoms with van der Waals surface area (Å²) in [7, 11) is 1.45. The molecule has 1 saturated heterocycles. The second kappa shape index (κ2) is 4.66. The van der Waals surface area contributed by atoms with Crippen molar-refractivity contribution in [1.82, 2.24) is 5.32 Å². The Labute approximate surface area is 95.8 Å². The first-order chi connectivity index (χ1) is 7.74. The molecule has 2 atom stereocenters. The van der Waals surface area contributed by atoms with Gasteiger partial charge >= 0.3 is 5.97 Å².